The Morgan fingerprint density at radius 1 is 1.40 bits per heavy atom. The van der Waals surface area contributed by atoms with Gasteiger partial charge >= 0.3 is 12.0 Å². The average Bonchev–Trinajstić information content (AvgIpc) is 2.38. The molecule has 0 radical (unpaired) electrons. The SMILES string of the molecule is CN(CC1(O)CCOCC1)C(=O)NCCOCC(=O)O. The molecule has 0 atom stereocenters. The molecule has 0 aliphatic carbocycles. The summed E-state index contributed by atoms with van der Waals surface area (Å²) < 4.78 is 9.97. The number of likely N-dealkylation sites (N-methyl/N-ethyl adjacent to an activating group) is 1. The topological polar surface area (TPSA) is 108 Å². The highest BCUT2D eigenvalue weighted by atomic mass is 16.5. The standard InChI is InChI=1S/C12H22N2O6/c1-14(9-12(18)2-5-19-6-3-12)11(17)13-4-7-20-8-10(15)16/h18H,2-9H2,1H3,(H,13,17)(H,15,16). The highest BCUT2D eigenvalue weighted by molar-refractivity contribution is 5.73. The summed E-state index contributed by atoms with van der Waals surface area (Å²) in [6, 6.07) is -0.330. The molecular weight excluding hydrogens is 268 g/mol. The van der Waals surface area contributed by atoms with Gasteiger partial charge in [0, 0.05) is 39.6 Å². The van der Waals surface area contributed by atoms with Crippen molar-refractivity contribution in [3.8, 4) is 0 Å². The van der Waals surface area contributed by atoms with Crippen LogP contribution in [-0.2, 0) is 14.3 Å². The van der Waals surface area contributed by atoms with E-state index in [0.29, 0.717) is 26.1 Å². The van der Waals surface area contributed by atoms with Crippen LogP contribution in [0, 0.1) is 0 Å². The molecule has 1 heterocycles. The molecule has 8 nitrogen and oxygen atoms in total. The zero-order valence-electron chi connectivity index (χ0n) is 11.6. The Morgan fingerprint density at radius 2 is 2.05 bits per heavy atom. The van der Waals surface area contributed by atoms with Crippen LogP contribution < -0.4 is 5.32 Å². The minimum absolute atomic E-state index is 0.129. The fraction of sp³-hybridized carbons (Fsp3) is 0.833. The van der Waals surface area contributed by atoms with Crippen LogP contribution in [0.1, 0.15) is 12.8 Å². The van der Waals surface area contributed by atoms with Crippen LogP contribution in [0.3, 0.4) is 0 Å². The van der Waals surface area contributed by atoms with Crippen molar-refractivity contribution in [1.29, 1.82) is 0 Å². The predicted octanol–water partition coefficient (Wildman–Crippen LogP) is -0.729. The number of nitrogens with one attached hydrogen (secondary N) is 1. The van der Waals surface area contributed by atoms with Crippen LogP contribution in [0.25, 0.3) is 0 Å². The van der Waals surface area contributed by atoms with Gasteiger partial charge in [-0.1, -0.05) is 0 Å². The maximum absolute atomic E-state index is 11.8. The third-order valence-electron chi connectivity index (χ3n) is 3.05. The zero-order chi connectivity index (χ0) is 15.0. The zero-order valence-corrected chi connectivity index (χ0v) is 11.6. The summed E-state index contributed by atoms with van der Waals surface area (Å²) in [5.74, 6) is -1.05. The molecule has 1 rings (SSSR count). The number of nitrogens with zero attached hydrogens (tertiary/aromatic N) is 1. The van der Waals surface area contributed by atoms with Gasteiger partial charge in [0.25, 0.3) is 0 Å². The van der Waals surface area contributed by atoms with Crippen LogP contribution >= 0.6 is 0 Å². The van der Waals surface area contributed by atoms with E-state index >= 15 is 0 Å². The lowest BCUT2D eigenvalue weighted by Gasteiger charge is -2.35. The Balaban J connectivity index is 2.20. The van der Waals surface area contributed by atoms with Gasteiger partial charge in [0.05, 0.1) is 18.8 Å². The van der Waals surface area contributed by atoms with Gasteiger partial charge in [0.15, 0.2) is 0 Å². The highest BCUT2D eigenvalue weighted by Crippen LogP contribution is 2.21. The van der Waals surface area contributed by atoms with Crippen molar-refractivity contribution < 1.29 is 29.3 Å². The Kier molecular flexibility index (Phi) is 6.69. The Bertz CT molecular complexity index is 330. The first kappa shape index (κ1) is 16.7. The summed E-state index contributed by atoms with van der Waals surface area (Å²) in [5, 5.41) is 21.2. The first-order chi connectivity index (χ1) is 9.43. The largest absolute Gasteiger partial charge is 0.480 e. The first-order valence-corrected chi connectivity index (χ1v) is 6.51. The van der Waals surface area contributed by atoms with Crippen molar-refractivity contribution in [3.63, 3.8) is 0 Å². The first-order valence-electron chi connectivity index (χ1n) is 6.51. The number of urea groups is 1. The molecule has 1 aliphatic rings. The fourth-order valence-electron chi connectivity index (χ4n) is 1.95. The third kappa shape index (κ3) is 6.18. The van der Waals surface area contributed by atoms with E-state index in [2.05, 4.69) is 5.32 Å². The lowest BCUT2D eigenvalue weighted by Crippen LogP contribution is -2.50. The van der Waals surface area contributed by atoms with Gasteiger partial charge in [0.1, 0.15) is 6.61 Å². The molecule has 1 fully saturated rings. The van der Waals surface area contributed by atoms with E-state index in [0.717, 1.165) is 0 Å². The normalized spacial score (nSPS) is 17.5. The van der Waals surface area contributed by atoms with Crippen molar-refractivity contribution in [2.75, 3.05) is 46.6 Å². The number of aliphatic carboxylic acids is 1. The van der Waals surface area contributed by atoms with Crippen LogP contribution in [0.4, 0.5) is 4.79 Å². The number of hydrogen-bond acceptors (Lipinski definition) is 5. The lowest BCUT2D eigenvalue weighted by atomic mass is 9.94. The van der Waals surface area contributed by atoms with E-state index in [4.69, 9.17) is 14.6 Å². The molecule has 0 aromatic heterocycles. The highest BCUT2D eigenvalue weighted by Gasteiger charge is 2.32. The summed E-state index contributed by atoms with van der Waals surface area (Å²) in [7, 11) is 1.60. The molecular formula is C12H22N2O6. The molecule has 2 amide bonds. The monoisotopic (exact) mass is 290 g/mol. The second kappa shape index (κ2) is 8.03. The van der Waals surface area contributed by atoms with Gasteiger partial charge in [-0.15, -0.1) is 0 Å². The fourth-order valence-corrected chi connectivity index (χ4v) is 1.95. The summed E-state index contributed by atoms with van der Waals surface area (Å²) in [6.45, 7) is 1.19. The lowest BCUT2D eigenvalue weighted by molar-refractivity contribution is -0.142. The van der Waals surface area contributed by atoms with Crippen LogP contribution in [0.2, 0.25) is 0 Å². The number of carboxylic acid groups (broad SMARTS) is 1. The van der Waals surface area contributed by atoms with Crippen molar-refractivity contribution in [2.24, 2.45) is 0 Å². The van der Waals surface area contributed by atoms with Gasteiger partial charge in [-0.25, -0.2) is 9.59 Å². The number of ether oxygens (including phenoxy) is 2. The molecule has 0 unspecified atom stereocenters. The van der Waals surface area contributed by atoms with Gasteiger partial charge in [-0.2, -0.15) is 0 Å². The smallest absolute Gasteiger partial charge is 0.329 e. The quantitative estimate of drug-likeness (QED) is 0.534. The number of carbonyl (C=O) groups is 2. The Labute approximate surface area is 117 Å². The third-order valence-corrected chi connectivity index (χ3v) is 3.05. The summed E-state index contributed by atoms with van der Waals surface area (Å²) in [5.41, 5.74) is -0.899. The van der Waals surface area contributed by atoms with Gasteiger partial charge in [-0.3, -0.25) is 0 Å². The van der Waals surface area contributed by atoms with Gasteiger partial charge in [-0.05, 0) is 0 Å². The summed E-state index contributed by atoms with van der Waals surface area (Å²) in [4.78, 5) is 23.4. The average molecular weight is 290 g/mol. The van der Waals surface area contributed by atoms with Crippen LogP contribution in [-0.4, -0.2) is 79.3 Å². The van der Waals surface area contributed by atoms with Crippen molar-refractivity contribution in [3.05, 3.63) is 0 Å². The maximum Gasteiger partial charge on any atom is 0.329 e. The molecule has 0 saturated carbocycles. The van der Waals surface area contributed by atoms with E-state index < -0.39 is 11.6 Å². The number of amides is 2. The van der Waals surface area contributed by atoms with Crippen molar-refractivity contribution in [1.82, 2.24) is 10.2 Å². The van der Waals surface area contributed by atoms with E-state index in [1.54, 1.807) is 7.05 Å². The maximum atomic E-state index is 11.8. The van der Waals surface area contributed by atoms with Gasteiger partial charge in [0.2, 0.25) is 0 Å². The molecule has 8 heteroatoms. The predicted molar refractivity (Wildman–Crippen MR) is 69.5 cm³/mol. The molecule has 3 N–H and O–H groups in total. The van der Waals surface area contributed by atoms with E-state index in [1.807, 2.05) is 0 Å². The minimum atomic E-state index is -1.05. The number of hydrogen-bond donors (Lipinski definition) is 3. The number of carboxylic acids is 1. The minimum Gasteiger partial charge on any atom is -0.480 e. The number of rotatable bonds is 7. The number of aliphatic hydroxyl groups is 1. The molecule has 0 aromatic carbocycles. The van der Waals surface area contributed by atoms with Gasteiger partial charge < -0.3 is 29.9 Å². The number of carbonyl (C=O) groups excluding carboxylic acids is 1. The van der Waals surface area contributed by atoms with E-state index in [1.165, 1.54) is 4.90 Å². The van der Waals surface area contributed by atoms with Crippen LogP contribution in [0.15, 0.2) is 0 Å². The van der Waals surface area contributed by atoms with Crippen molar-refractivity contribution in [2.45, 2.75) is 18.4 Å². The van der Waals surface area contributed by atoms with E-state index in [9.17, 15) is 14.7 Å². The van der Waals surface area contributed by atoms with Crippen molar-refractivity contribution >= 4 is 12.0 Å². The second-order valence-corrected chi connectivity index (χ2v) is 4.87. The summed E-state index contributed by atoms with van der Waals surface area (Å²) >= 11 is 0. The molecule has 116 valence electrons. The van der Waals surface area contributed by atoms with E-state index in [-0.39, 0.29) is 32.3 Å². The molecule has 0 aromatic rings. The molecule has 1 saturated heterocycles. The summed E-state index contributed by atoms with van der Waals surface area (Å²) in [6.07, 6.45) is 1.01. The molecule has 0 bridgehead atoms. The molecule has 0 spiro atoms. The van der Waals surface area contributed by atoms with Crippen LogP contribution in [0.5, 0.6) is 0 Å². The molecule has 1 aliphatic heterocycles. The Hall–Kier alpha value is -1.38. The molecule has 20 heavy (non-hydrogen) atoms. The Morgan fingerprint density at radius 3 is 2.65 bits per heavy atom. The second-order valence-electron chi connectivity index (χ2n) is 4.87.